The molecular weight excluding hydrogens is 182 g/mol. The highest BCUT2D eigenvalue weighted by Crippen LogP contribution is 2.35. The van der Waals surface area contributed by atoms with Crippen LogP contribution in [-0.4, -0.2) is 13.1 Å². The van der Waals surface area contributed by atoms with Crippen molar-refractivity contribution < 1.29 is 0 Å². The molecule has 1 fully saturated rings. The van der Waals surface area contributed by atoms with E-state index in [-0.39, 0.29) is 0 Å². The fraction of sp³-hybridized carbons (Fsp3) is 0.857. The van der Waals surface area contributed by atoms with Crippen molar-refractivity contribution in [3.63, 3.8) is 0 Å². The smallest absolute Gasteiger partial charge is 0.0120 e. The van der Waals surface area contributed by atoms with Crippen LogP contribution in [0.5, 0.6) is 0 Å². The van der Waals surface area contributed by atoms with Gasteiger partial charge in [0.2, 0.25) is 0 Å². The zero-order valence-electron chi connectivity index (χ0n) is 10.5. The van der Waals surface area contributed by atoms with Crippen LogP contribution >= 0.6 is 0 Å². The molecule has 0 aromatic heterocycles. The van der Waals surface area contributed by atoms with Gasteiger partial charge in [-0.2, -0.15) is 0 Å². The molecule has 0 radical (unpaired) electrons. The first-order chi connectivity index (χ1) is 7.27. The quantitative estimate of drug-likeness (QED) is 0.699. The molecule has 1 N–H and O–H groups in total. The van der Waals surface area contributed by atoms with E-state index in [1.54, 1.807) is 0 Å². The maximum Gasteiger partial charge on any atom is 0.0120 e. The van der Waals surface area contributed by atoms with E-state index in [0.717, 1.165) is 30.7 Å². The van der Waals surface area contributed by atoms with Crippen molar-refractivity contribution in [2.45, 2.75) is 46.5 Å². The van der Waals surface area contributed by atoms with Crippen molar-refractivity contribution in [2.24, 2.45) is 17.8 Å². The molecule has 0 aromatic rings. The number of hydrogen-bond acceptors (Lipinski definition) is 1. The molecule has 1 rings (SSSR count). The van der Waals surface area contributed by atoms with Gasteiger partial charge >= 0.3 is 0 Å². The van der Waals surface area contributed by atoms with E-state index in [9.17, 15) is 0 Å². The molecule has 0 saturated heterocycles. The average Bonchev–Trinajstić information content (AvgIpc) is 2.25. The standard InChI is InChI=1S/C14H25N/c1-4-6-7-13-10-12(3)8-9-14(13)11-15-5-2/h12-15H,5,7-11H2,1-3H3. The highest BCUT2D eigenvalue weighted by molar-refractivity contribution is 4.98. The van der Waals surface area contributed by atoms with Crippen LogP contribution in [0.1, 0.15) is 46.5 Å². The minimum Gasteiger partial charge on any atom is -0.317 e. The summed E-state index contributed by atoms with van der Waals surface area (Å²) in [4.78, 5) is 0. The van der Waals surface area contributed by atoms with Crippen LogP contribution in [0.4, 0.5) is 0 Å². The van der Waals surface area contributed by atoms with Gasteiger partial charge in [-0.15, -0.1) is 11.8 Å². The molecule has 86 valence electrons. The largest absolute Gasteiger partial charge is 0.317 e. The Labute approximate surface area is 95.0 Å². The summed E-state index contributed by atoms with van der Waals surface area (Å²) < 4.78 is 0. The summed E-state index contributed by atoms with van der Waals surface area (Å²) in [6, 6.07) is 0. The Bertz CT molecular complexity index is 221. The van der Waals surface area contributed by atoms with Crippen LogP contribution in [-0.2, 0) is 0 Å². The van der Waals surface area contributed by atoms with E-state index in [1.165, 1.54) is 25.8 Å². The SMILES string of the molecule is CC#CCC1CC(C)CCC1CNCC. The molecule has 0 aromatic carbocycles. The number of rotatable bonds is 4. The van der Waals surface area contributed by atoms with Crippen molar-refractivity contribution in [3.05, 3.63) is 0 Å². The molecule has 0 amide bonds. The second-order valence-electron chi connectivity index (χ2n) is 4.88. The summed E-state index contributed by atoms with van der Waals surface area (Å²) >= 11 is 0. The van der Waals surface area contributed by atoms with Gasteiger partial charge in [0, 0.05) is 6.42 Å². The molecule has 1 saturated carbocycles. The maximum absolute atomic E-state index is 3.49. The van der Waals surface area contributed by atoms with E-state index in [4.69, 9.17) is 0 Å². The van der Waals surface area contributed by atoms with Crippen LogP contribution in [0.15, 0.2) is 0 Å². The Kier molecular flexibility index (Phi) is 5.79. The van der Waals surface area contributed by atoms with Crippen molar-refractivity contribution >= 4 is 0 Å². The van der Waals surface area contributed by atoms with Crippen LogP contribution < -0.4 is 5.32 Å². The third kappa shape index (κ3) is 4.26. The molecule has 3 unspecified atom stereocenters. The molecule has 0 bridgehead atoms. The fourth-order valence-corrected chi connectivity index (χ4v) is 2.64. The Hall–Kier alpha value is -0.480. The molecule has 0 spiro atoms. The van der Waals surface area contributed by atoms with Gasteiger partial charge in [-0.3, -0.25) is 0 Å². The van der Waals surface area contributed by atoms with Gasteiger partial charge in [-0.05, 0) is 50.6 Å². The first-order valence-corrected chi connectivity index (χ1v) is 6.38. The molecule has 1 nitrogen and oxygen atoms in total. The summed E-state index contributed by atoms with van der Waals surface area (Å²) in [5.41, 5.74) is 0. The number of nitrogens with one attached hydrogen (secondary N) is 1. The zero-order valence-corrected chi connectivity index (χ0v) is 10.5. The lowest BCUT2D eigenvalue weighted by Gasteiger charge is -2.34. The van der Waals surface area contributed by atoms with Crippen molar-refractivity contribution in [1.29, 1.82) is 0 Å². The predicted octanol–water partition coefficient (Wildman–Crippen LogP) is 3.06. The van der Waals surface area contributed by atoms with Crippen molar-refractivity contribution in [1.82, 2.24) is 5.32 Å². The van der Waals surface area contributed by atoms with Gasteiger partial charge in [0.15, 0.2) is 0 Å². The molecular formula is C14H25N. The predicted molar refractivity (Wildman–Crippen MR) is 66.6 cm³/mol. The lowest BCUT2D eigenvalue weighted by atomic mass is 9.73. The van der Waals surface area contributed by atoms with Crippen molar-refractivity contribution in [3.8, 4) is 11.8 Å². The normalized spacial score (nSPS) is 30.7. The Morgan fingerprint density at radius 3 is 2.73 bits per heavy atom. The third-order valence-corrected chi connectivity index (χ3v) is 3.60. The minimum absolute atomic E-state index is 0.834. The first kappa shape index (κ1) is 12.6. The summed E-state index contributed by atoms with van der Waals surface area (Å²) in [5, 5.41) is 3.49. The summed E-state index contributed by atoms with van der Waals surface area (Å²) in [6.45, 7) is 8.81. The van der Waals surface area contributed by atoms with Crippen LogP contribution in [0.2, 0.25) is 0 Å². The van der Waals surface area contributed by atoms with Gasteiger partial charge in [0.25, 0.3) is 0 Å². The number of hydrogen-bond donors (Lipinski definition) is 1. The second kappa shape index (κ2) is 6.90. The monoisotopic (exact) mass is 207 g/mol. The maximum atomic E-state index is 3.49. The highest BCUT2D eigenvalue weighted by Gasteiger charge is 2.27. The fourth-order valence-electron chi connectivity index (χ4n) is 2.64. The Morgan fingerprint density at radius 1 is 1.27 bits per heavy atom. The van der Waals surface area contributed by atoms with Crippen LogP contribution in [0.25, 0.3) is 0 Å². The Morgan fingerprint density at radius 2 is 2.07 bits per heavy atom. The molecule has 15 heavy (non-hydrogen) atoms. The molecule has 0 heterocycles. The molecule has 3 atom stereocenters. The van der Waals surface area contributed by atoms with Crippen LogP contribution in [0.3, 0.4) is 0 Å². The lowest BCUT2D eigenvalue weighted by molar-refractivity contribution is 0.189. The molecule has 1 aliphatic rings. The minimum atomic E-state index is 0.834. The van der Waals surface area contributed by atoms with Gasteiger partial charge in [-0.25, -0.2) is 0 Å². The van der Waals surface area contributed by atoms with Gasteiger partial charge in [0.05, 0.1) is 0 Å². The third-order valence-electron chi connectivity index (χ3n) is 3.60. The Balaban J connectivity index is 2.44. The molecule has 0 aliphatic heterocycles. The van der Waals surface area contributed by atoms with Crippen LogP contribution in [0, 0.1) is 29.6 Å². The first-order valence-electron chi connectivity index (χ1n) is 6.38. The average molecular weight is 207 g/mol. The van der Waals surface area contributed by atoms with E-state index in [2.05, 4.69) is 31.0 Å². The zero-order chi connectivity index (χ0) is 11.1. The highest BCUT2D eigenvalue weighted by atomic mass is 14.8. The molecule has 1 heteroatoms. The molecule has 1 aliphatic carbocycles. The second-order valence-corrected chi connectivity index (χ2v) is 4.88. The van der Waals surface area contributed by atoms with E-state index < -0.39 is 0 Å². The van der Waals surface area contributed by atoms with E-state index in [1.807, 2.05) is 6.92 Å². The summed E-state index contributed by atoms with van der Waals surface area (Å²) in [5.74, 6) is 8.91. The van der Waals surface area contributed by atoms with Crippen molar-refractivity contribution in [2.75, 3.05) is 13.1 Å². The van der Waals surface area contributed by atoms with Gasteiger partial charge in [-0.1, -0.05) is 20.3 Å². The topological polar surface area (TPSA) is 12.0 Å². The van der Waals surface area contributed by atoms with Gasteiger partial charge in [0.1, 0.15) is 0 Å². The van der Waals surface area contributed by atoms with E-state index in [0.29, 0.717) is 0 Å². The summed E-state index contributed by atoms with van der Waals surface area (Å²) in [7, 11) is 0. The van der Waals surface area contributed by atoms with E-state index >= 15 is 0 Å². The van der Waals surface area contributed by atoms with Gasteiger partial charge < -0.3 is 5.32 Å². The summed E-state index contributed by atoms with van der Waals surface area (Å²) in [6.07, 6.45) is 5.29. The lowest BCUT2D eigenvalue weighted by Crippen LogP contribution is -2.32.